The van der Waals surface area contributed by atoms with Gasteiger partial charge in [0.1, 0.15) is 5.75 Å². The molecule has 5 rings (SSSR count). The van der Waals surface area contributed by atoms with Gasteiger partial charge in [0.2, 0.25) is 0 Å². The Balaban J connectivity index is 1.22. The van der Waals surface area contributed by atoms with E-state index in [0.717, 1.165) is 50.9 Å². The molecule has 0 fully saturated rings. The summed E-state index contributed by atoms with van der Waals surface area (Å²) in [6.45, 7) is 0. The van der Waals surface area contributed by atoms with Crippen molar-refractivity contribution >= 4 is 28.8 Å². The van der Waals surface area contributed by atoms with Crippen molar-refractivity contribution in [2.45, 2.75) is 19.3 Å². The van der Waals surface area contributed by atoms with Gasteiger partial charge in [0, 0.05) is 19.3 Å². The summed E-state index contributed by atoms with van der Waals surface area (Å²) in [5.41, 5.74) is 8.07. The normalized spacial score (nSPS) is 14.9. The number of ether oxygens (including phenoxy) is 1. The molecule has 0 amide bonds. The number of benzene rings is 3. The molecule has 0 unspecified atom stereocenters. The zero-order chi connectivity index (χ0) is 23.5. The Hall–Kier alpha value is -4.39. The van der Waals surface area contributed by atoms with E-state index in [0.29, 0.717) is 19.3 Å². The van der Waals surface area contributed by atoms with Crippen molar-refractivity contribution in [2.75, 3.05) is 7.11 Å². The van der Waals surface area contributed by atoms with Crippen LogP contribution in [0.3, 0.4) is 0 Å². The molecule has 2 aliphatic heterocycles. The van der Waals surface area contributed by atoms with Crippen molar-refractivity contribution in [3.8, 4) is 5.75 Å². The van der Waals surface area contributed by atoms with Crippen LogP contribution in [0.4, 0.5) is 0 Å². The van der Waals surface area contributed by atoms with Crippen LogP contribution < -0.4 is 4.74 Å². The number of nitrogens with zero attached hydrogens (tertiary/aromatic N) is 4. The summed E-state index contributed by atoms with van der Waals surface area (Å²) < 4.78 is 5.23. The van der Waals surface area contributed by atoms with E-state index in [1.165, 1.54) is 0 Å². The molecule has 0 aromatic heterocycles. The first-order valence-corrected chi connectivity index (χ1v) is 10.9. The van der Waals surface area contributed by atoms with Crippen LogP contribution in [-0.2, 0) is 6.42 Å². The summed E-state index contributed by atoms with van der Waals surface area (Å²) in [5, 5.41) is 26.6. The second kappa shape index (κ2) is 9.23. The quantitative estimate of drug-likeness (QED) is 0.561. The van der Waals surface area contributed by atoms with E-state index in [2.05, 4.69) is 26.5 Å². The molecule has 168 valence electrons. The first-order valence-electron chi connectivity index (χ1n) is 10.9. The molecule has 0 spiro atoms. The maximum Gasteiger partial charge on any atom is 0.335 e. The zero-order valence-electron chi connectivity index (χ0n) is 18.6. The summed E-state index contributed by atoms with van der Waals surface area (Å²) in [6, 6.07) is 22.9. The molecule has 2 aliphatic rings. The monoisotopic (exact) mass is 450 g/mol. The van der Waals surface area contributed by atoms with Gasteiger partial charge in [-0.15, -0.1) is 0 Å². The molecule has 3 aromatic rings. The molecule has 0 saturated carbocycles. The summed E-state index contributed by atoms with van der Waals surface area (Å²) >= 11 is 0. The van der Waals surface area contributed by atoms with Crippen LogP contribution in [0.25, 0.3) is 0 Å². The van der Waals surface area contributed by atoms with E-state index in [1.54, 1.807) is 19.2 Å². The number of carbonyl (C=O) groups is 1. The number of aromatic carboxylic acids is 1. The molecule has 34 heavy (non-hydrogen) atoms. The molecule has 0 atom stereocenters. The highest BCUT2D eigenvalue weighted by Crippen LogP contribution is 2.21. The van der Waals surface area contributed by atoms with Gasteiger partial charge in [0.15, 0.2) is 0 Å². The lowest BCUT2D eigenvalue weighted by molar-refractivity contribution is 0.0697. The molecule has 2 heterocycles. The van der Waals surface area contributed by atoms with E-state index in [1.807, 2.05) is 54.6 Å². The third kappa shape index (κ3) is 4.54. The Bertz CT molecular complexity index is 1370. The number of hydrogen-bond acceptors (Lipinski definition) is 6. The number of carboxylic acid groups (broad SMARTS) is 1. The van der Waals surface area contributed by atoms with Crippen molar-refractivity contribution < 1.29 is 14.6 Å². The lowest BCUT2D eigenvalue weighted by Crippen LogP contribution is -2.09. The molecule has 7 nitrogen and oxygen atoms in total. The molecule has 0 saturated heterocycles. The first-order chi connectivity index (χ1) is 16.6. The highest BCUT2D eigenvalue weighted by atomic mass is 16.5. The first kappa shape index (κ1) is 21.5. The Labute approximate surface area is 196 Å². The third-order valence-electron chi connectivity index (χ3n) is 5.87. The minimum Gasteiger partial charge on any atom is -0.497 e. The van der Waals surface area contributed by atoms with Crippen LogP contribution in [0, 0.1) is 0 Å². The average molecular weight is 450 g/mol. The summed E-state index contributed by atoms with van der Waals surface area (Å²) in [4.78, 5) is 11.0. The molecule has 1 N–H and O–H groups in total. The van der Waals surface area contributed by atoms with Gasteiger partial charge in [-0.2, -0.15) is 20.4 Å². The van der Waals surface area contributed by atoms with Crippen molar-refractivity contribution in [1.29, 1.82) is 0 Å². The minimum absolute atomic E-state index is 0.278. The Morgan fingerprint density at radius 2 is 1.41 bits per heavy atom. The molecule has 0 radical (unpaired) electrons. The van der Waals surface area contributed by atoms with Gasteiger partial charge in [-0.25, -0.2) is 4.79 Å². The predicted octanol–water partition coefficient (Wildman–Crippen LogP) is 4.78. The van der Waals surface area contributed by atoms with Crippen molar-refractivity contribution in [2.24, 2.45) is 20.4 Å². The number of methoxy groups -OCH3 is 1. The molecule has 3 aromatic carbocycles. The van der Waals surface area contributed by atoms with E-state index in [4.69, 9.17) is 9.84 Å². The predicted molar refractivity (Wildman–Crippen MR) is 133 cm³/mol. The molecule has 0 bridgehead atoms. The maximum absolute atomic E-state index is 11.0. The standard InChI is InChI=1S/C27H22N4O3/c1-34-23-11-9-18(10-12-23)25-16-26(31-30-25)21-4-2-3-20(14-21)24-15-22(28-29-24)13-17-5-7-19(8-6-17)27(32)33/h2-12,14H,13,15-16H2,1H3,(H,32,33). The second-order valence-corrected chi connectivity index (χ2v) is 8.15. The average Bonchev–Trinajstić information content (AvgIpc) is 3.55. The van der Waals surface area contributed by atoms with Crippen molar-refractivity contribution in [3.05, 3.63) is 101 Å². The van der Waals surface area contributed by atoms with Crippen LogP contribution in [0.1, 0.15) is 45.5 Å². The zero-order valence-corrected chi connectivity index (χ0v) is 18.6. The van der Waals surface area contributed by atoms with Crippen LogP contribution in [0.5, 0.6) is 5.75 Å². The lowest BCUT2D eigenvalue weighted by atomic mass is 9.96. The topological polar surface area (TPSA) is 96.0 Å². The number of hydrogen-bond donors (Lipinski definition) is 1. The van der Waals surface area contributed by atoms with Crippen LogP contribution in [0.15, 0.2) is 93.2 Å². The second-order valence-electron chi connectivity index (χ2n) is 8.15. The van der Waals surface area contributed by atoms with Gasteiger partial charge in [-0.1, -0.05) is 30.3 Å². The van der Waals surface area contributed by atoms with E-state index >= 15 is 0 Å². The Morgan fingerprint density at radius 3 is 2.06 bits per heavy atom. The Kier molecular flexibility index (Phi) is 5.82. The lowest BCUT2D eigenvalue weighted by Gasteiger charge is -2.06. The van der Waals surface area contributed by atoms with Crippen molar-refractivity contribution in [3.63, 3.8) is 0 Å². The molecule has 0 aliphatic carbocycles. The van der Waals surface area contributed by atoms with Crippen LogP contribution in [0.2, 0.25) is 0 Å². The minimum atomic E-state index is -0.927. The summed E-state index contributed by atoms with van der Waals surface area (Å²) in [5.74, 6) is -0.115. The van der Waals surface area contributed by atoms with Gasteiger partial charge in [0.25, 0.3) is 0 Å². The van der Waals surface area contributed by atoms with E-state index < -0.39 is 5.97 Å². The fourth-order valence-electron chi connectivity index (χ4n) is 3.98. The molecular weight excluding hydrogens is 428 g/mol. The highest BCUT2D eigenvalue weighted by molar-refractivity contribution is 6.21. The highest BCUT2D eigenvalue weighted by Gasteiger charge is 2.19. The van der Waals surface area contributed by atoms with Gasteiger partial charge < -0.3 is 9.84 Å². The summed E-state index contributed by atoms with van der Waals surface area (Å²) in [7, 11) is 1.65. The SMILES string of the molecule is COc1ccc(C2=NN=C(c3cccc(C4=NN=C(Cc5ccc(C(=O)O)cc5)C4)c3)C2)cc1. The molecular formula is C27H22N4O3. The maximum atomic E-state index is 11.0. The Morgan fingerprint density at radius 1 is 0.794 bits per heavy atom. The van der Waals surface area contributed by atoms with E-state index in [-0.39, 0.29) is 5.56 Å². The smallest absolute Gasteiger partial charge is 0.335 e. The van der Waals surface area contributed by atoms with Crippen LogP contribution in [-0.4, -0.2) is 41.0 Å². The summed E-state index contributed by atoms with van der Waals surface area (Å²) in [6.07, 6.45) is 1.96. The number of carboxylic acids is 1. The fraction of sp³-hybridized carbons (Fsp3) is 0.148. The number of rotatable bonds is 7. The van der Waals surface area contributed by atoms with E-state index in [9.17, 15) is 4.79 Å². The van der Waals surface area contributed by atoms with Gasteiger partial charge >= 0.3 is 5.97 Å². The van der Waals surface area contributed by atoms with Gasteiger partial charge in [-0.05, 0) is 64.7 Å². The van der Waals surface area contributed by atoms with Crippen molar-refractivity contribution in [1.82, 2.24) is 0 Å². The molecule has 7 heteroatoms. The van der Waals surface area contributed by atoms with Gasteiger partial charge in [0.05, 0.1) is 35.5 Å². The fourth-order valence-corrected chi connectivity index (χ4v) is 3.98. The van der Waals surface area contributed by atoms with Crippen LogP contribution >= 0.6 is 0 Å². The largest absolute Gasteiger partial charge is 0.497 e. The third-order valence-corrected chi connectivity index (χ3v) is 5.87. The van der Waals surface area contributed by atoms with Gasteiger partial charge in [-0.3, -0.25) is 0 Å².